The van der Waals surface area contributed by atoms with Gasteiger partial charge in [-0.15, -0.1) is 0 Å². The molecule has 0 saturated carbocycles. The van der Waals surface area contributed by atoms with Crippen molar-refractivity contribution in [1.29, 1.82) is 0 Å². The fourth-order valence-electron chi connectivity index (χ4n) is 2.59. The summed E-state index contributed by atoms with van der Waals surface area (Å²) in [6, 6.07) is 4.73. The van der Waals surface area contributed by atoms with E-state index in [0.29, 0.717) is 6.54 Å². The van der Waals surface area contributed by atoms with Crippen LogP contribution in [0.1, 0.15) is 49.4 Å². The second-order valence-electron chi connectivity index (χ2n) is 5.79. The first kappa shape index (κ1) is 18.8. The molecule has 0 fully saturated rings. The molecule has 0 bridgehead atoms. The highest BCUT2D eigenvalue weighted by atomic mass is 35.5. The van der Waals surface area contributed by atoms with Crippen LogP contribution in [0.5, 0.6) is 0 Å². The number of nitrogens with one attached hydrogen (secondary N) is 1. The van der Waals surface area contributed by atoms with Crippen molar-refractivity contribution in [2.75, 3.05) is 6.54 Å². The molecule has 0 spiro atoms. The topological polar surface area (TPSA) is 55.4 Å². The molecule has 0 aromatic heterocycles. The third kappa shape index (κ3) is 5.25. The SMILES string of the molecule is C[C@H](OC(=O)c1c(Cl)cccc1Cl)C(=O)NCCC1=CCCCC1. The van der Waals surface area contributed by atoms with Gasteiger partial charge in [-0.3, -0.25) is 4.79 Å². The van der Waals surface area contributed by atoms with Crippen LogP contribution in [0.4, 0.5) is 0 Å². The van der Waals surface area contributed by atoms with Gasteiger partial charge in [-0.1, -0.05) is 40.9 Å². The Kier molecular flexibility index (Phi) is 7.13. The van der Waals surface area contributed by atoms with Gasteiger partial charge < -0.3 is 10.1 Å². The molecule has 0 saturated heterocycles. The predicted octanol–water partition coefficient (Wildman–Crippen LogP) is 4.55. The first-order valence-corrected chi connectivity index (χ1v) is 8.85. The van der Waals surface area contributed by atoms with Gasteiger partial charge in [-0.05, 0) is 51.2 Å². The minimum absolute atomic E-state index is 0.0767. The van der Waals surface area contributed by atoms with Gasteiger partial charge in [0.05, 0.1) is 15.6 Å². The van der Waals surface area contributed by atoms with Crippen LogP contribution in [0.25, 0.3) is 0 Å². The zero-order valence-corrected chi connectivity index (χ0v) is 15.1. The zero-order valence-electron chi connectivity index (χ0n) is 13.6. The number of carbonyl (C=O) groups excluding carboxylic acids is 2. The minimum atomic E-state index is -0.912. The van der Waals surface area contributed by atoms with E-state index in [0.717, 1.165) is 19.3 Å². The van der Waals surface area contributed by atoms with Gasteiger partial charge in [0.15, 0.2) is 6.10 Å². The van der Waals surface area contributed by atoms with Gasteiger partial charge in [0.1, 0.15) is 0 Å². The molecule has 1 aliphatic carbocycles. The van der Waals surface area contributed by atoms with E-state index in [-0.39, 0.29) is 21.5 Å². The molecule has 0 radical (unpaired) electrons. The number of benzene rings is 1. The lowest BCUT2D eigenvalue weighted by atomic mass is 9.97. The van der Waals surface area contributed by atoms with Crippen molar-refractivity contribution >= 4 is 35.1 Å². The van der Waals surface area contributed by atoms with Crippen molar-refractivity contribution in [2.24, 2.45) is 0 Å². The van der Waals surface area contributed by atoms with Gasteiger partial charge in [-0.2, -0.15) is 0 Å². The molecule has 1 atom stereocenters. The number of hydrogen-bond acceptors (Lipinski definition) is 3. The average molecular weight is 370 g/mol. The molecule has 2 rings (SSSR count). The highest BCUT2D eigenvalue weighted by molar-refractivity contribution is 6.39. The minimum Gasteiger partial charge on any atom is -0.449 e. The largest absolute Gasteiger partial charge is 0.449 e. The molecule has 1 N–H and O–H groups in total. The molecule has 0 unspecified atom stereocenters. The van der Waals surface area contributed by atoms with Crippen molar-refractivity contribution in [1.82, 2.24) is 5.32 Å². The number of hydrogen-bond donors (Lipinski definition) is 1. The number of ether oxygens (including phenoxy) is 1. The lowest BCUT2D eigenvalue weighted by Crippen LogP contribution is -2.36. The summed E-state index contributed by atoms with van der Waals surface area (Å²) in [7, 11) is 0. The molecular weight excluding hydrogens is 349 g/mol. The number of carbonyl (C=O) groups is 2. The molecule has 24 heavy (non-hydrogen) atoms. The monoisotopic (exact) mass is 369 g/mol. The van der Waals surface area contributed by atoms with E-state index in [9.17, 15) is 9.59 Å². The first-order chi connectivity index (χ1) is 11.5. The third-order valence-corrected chi connectivity index (χ3v) is 4.58. The summed E-state index contributed by atoms with van der Waals surface area (Å²) in [6.45, 7) is 2.07. The van der Waals surface area contributed by atoms with E-state index in [4.69, 9.17) is 27.9 Å². The van der Waals surface area contributed by atoms with Crippen molar-refractivity contribution in [3.05, 3.63) is 45.5 Å². The van der Waals surface area contributed by atoms with E-state index in [1.54, 1.807) is 18.2 Å². The maximum Gasteiger partial charge on any atom is 0.341 e. The molecule has 4 nitrogen and oxygen atoms in total. The Hall–Kier alpha value is -1.52. The Morgan fingerprint density at radius 2 is 1.96 bits per heavy atom. The first-order valence-electron chi connectivity index (χ1n) is 8.09. The lowest BCUT2D eigenvalue weighted by Gasteiger charge is -2.16. The van der Waals surface area contributed by atoms with E-state index in [2.05, 4.69) is 11.4 Å². The molecule has 6 heteroatoms. The van der Waals surface area contributed by atoms with Gasteiger partial charge in [0.25, 0.3) is 5.91 Å². The standard InChI is InChI=1S/C18H21Cl2NO3/c1-12(17(22)21-11-10-13-6-3-2-4-7-13)24-18(23)16-14(19)8-5-9-15(16)20/h5-6,8-9,12H,2-4,7,10-11H2,1H3,(H,21,22)/t12-/m0/s1. The van der Waals surface area contributed by atoms with Crippen LogP contribution in [-0.2, 0) is 9.53 Å². The van der Waals surface area contributed by atoms with Crippen LogP contribution < -0.4 is 5.32 Å². The fraction of sp³-hybridized carbons (Fsp3) is 0.444. The number of halogens is 2. The van der Waals surface area contributed by atoms with Gasteiger partial charge in [0, 0.05) is 6.54 Å². The van der Waals surface area contributed by atoms with E-state index >= 15 is 0 Å². The van der Waals surface area contributed by atoms with Gasteiger partial charge >= 0.3 is 5.97 Å². The summed E-state index contributed by atoms with van der Waals surface area (Å²) in [5.41, 5.74) is 1.46. The van der Waals surface area contributed by atoms with Gasteiger partial charge in [0.2, 0.25) is 0 Å². The van der Waals surface area contributed by atoms with Gasteiger partial charge in [-0.25, -0.2) is 4.79 Å². The Balaban J connectivity index is 1.82. The Morgan fingerprint density at radius 1 is 1.25 bits per heavy atom. The Bertz CT molecular complexity index is 623. The maximum atomic E-state index is 12.1. The Morgan fingerprint density at radius 3 is 2.58 bits per heavy atom. The molecule has 1 aliphatic rings. The molecule has 0 aliphatic heterocycles. The highest BCUT2D eigenvalue weighted by Gasteiger charge is 2.22. The maximum absolute atomic E-state index is 12.1. The molecule has 1 amide bonds. The average Bonchev–Trinajstić information content (AvgIpc) is 2.55. The van der Waals surface area contributed by atoms with Crippen LogP contribution in [-0.4, -0.2) is 24.5 Å². The Labute approximate surface area is 152 Å². The fourth-order valence-corrected chi connectivity index (χ4v) is 3.14. The quantitative estimate of drug-likeness (QED) is 0.591. The van der Waals surface area contributed by atoms with E-state index in [1.807, 2.05) is 0 Å². The van der Waals surface area contributed by atoms with Crippen LogP contribution in [0.3, 0.4) is 0 Å². The number of rotatable bonds is 6. The summed E-state index contributed by atoms with van der Waals surface area (Å²) < 4.78 is 5.17. The van der Waals surface area contributed by atoms with Crippen LogP contribution in [0, 0.1) is 0 Å². The smallest absolute Gasteiger partial charge is 0.341 e. The van der Waals surface area contributed by atoms with Crippen molar-refractivity contribution in [3.63, 3.8) is 0 Å². The number of esters is 1. The summed E-state index contributed by atoms with van der Waals surface area (Å²) in [5.74, 6) is -1.04. The van der Waals surface area contributed by atoms with Crippen molar-refractivity contribution in [3.8, 4) is 0 Å². The number of allylic oxidation sites excluding steroid dienone is 1. The molecular formula is C18H21Cl2NO3. The zero-order chi connectivity index (χ0) is 17.5. The lowest BCUT2D eigenvalue weighted by molar-refractivity contribution is -0.129. The summed E-state index contributed by atoms with van der Waals surface area (Å²) in [4.78, 5) is 24.2. The third-order valence-electron chi connectivity index (χ3n) is 3.95. The summed E-state index contributed by atoms with van der Waals surface area (Å²) in [6.07, 6.45) is 6.85. The second kappa shape index (κ2) is 9.09. The van der Waals surface area contributed by atoms with Crippen molar-refractivity contribution in [2.45, 2.75) is 45.1 Å². The van der Waals surface area contributed by atoms with E-state index in [1.165, 1.54) is 25.3 Å². The summed E-state index contributed by atoms with van der Waals surface area (Å²) in [5, 5.41) is 3.19. The molecule has 1 aromatic rings. The normalized spacial score (nSPS) is 15.4. The van der Waals surface area contributed by atoms with Crippen LogP contribution >= 0.6 is 23.2 Å². The molecule has 0 heterocycles. The summed E-state index contributed by atoms with van der Waals surface area (Å²) >= 11 is 11.9. The molecule has 1 aromatic carbocycles. The number of amides is 1. The van der Waals surface area contributed by atoms with Crippen LogP contribution in [0.15, 0.2) is 29.8 Å². The van der Waals surface area contributed by atoms with Crippen molar-refractivity contribution < 1.29 is 14.3 Å². The van der Waals surface area contributed by atoms with Crippen LogP contribution in [0.2, 0.25) is 10.0 Å². The molecule has 130 valence electrons. The highest BCUT2D eigenvalue weighted by Crippen LogP contribution is 2.25. The predicted molar refractivity (Wildman–Crippen MR) is 95.5 cm³/mol. The second-order valence-corrected chi connectivity index (χ2v) is 6.61. The van der Waals surface area contributed by atoms with E-state index < -0.39 is 12.1 Å².